The summed E-state index contributed by atoms with van der Waals surface area (Å²) in [5.74, 6) is 5.67. The van der Waals surface area contributed by atoms with Crippen LogP contribution in [0.3, 0.4) is 0 Å². The molecule has 0 bridgehead atoms. The molecule has 0 saturated carbocycles. The summed E-state index contributed by atoms with van der Waals surface area (Å²) >= 11 is 0. The van der Waals surface area contributed by atoms with Crippen LogP contribution in [0.5, 0.6) is 5.75 Å². The van der Waals surface area contributed by atoms with Crippen LogP contribution in [0.25, 0.3) is 0 Å². The highest BCUT2D eigenvalue weighted by Crippen LogP contribution is 2.28. The van der Waals surface area contributed by atoms with Crippen LogP contribution in [0, 0.1) is 11.8 Å². The lowest BCUT2D eigenvalue weighted by atomic mass is 9.99. The van der Waals surface area contributed by atoms with E-state index >= 15 is 0 Å². The summed E-state index contributed by atoms with van der Waals surface area (Å²) < 4.78 is 5.23. The monoisotopic (exact) mass is 502 g/mol. The molecule has 2 aromatic rings. The average molecular weight is 503 g/mol. The average Bonchev–Trinajstić information content (AvgIpc) is 3.37. The minimum Gasteiger partial charge on any atom is -0.497 e. The molecular formula is C27H30N6O4. The van der Waals surface area contributed by atoms with Gasteiger partial charge < -0.3 is 19.9 Å². The van der Waals surface area contributed by atoms with Gasteiger partial charge in [-0.1, -0.05) is 24.8 Å². The number of piperazine rings is 1. The lowest BCUT2D eigenvalue weighted by molar-refractivity contribution is -0.122. The van der Waals surface area contributed by atoms with E-state index in [2.05, 4.69) is 44.2 Å². The Morgan fingerprint density at radius 3 is 2.51 bits per heavy atom. The number of aromatic nitrogens is 1. The molecule has 2 N–H and O–H groups in total. The predicted octanol–water partition coefficient (Wildman–Crippen LogP) is 0.813. The molecule has 1 atom stereocenters. The van der Waals surface area contributed by atoms with Crippen LogP contribution in [0.15, 0.2) is 36.5 Å². The topological polar surface area (TPSA) is 107 Å². The number of amides is 4. The first-order valence-corrected chi connectivity index (χ1v) is 12.4. The minimum atomic E-state index is -1.56. The van der Waals surface area contributed by atoms with E-state index in [-0.39, 0.29) is 12.5 Å². The van der Waals surface area contributed by atoms with Gasteiger partial charge in [0.2, 0.25) is 5.54 Å². The quantitative estimate of drug-likeness (QED) is 0.445. The number of methoxy groups -OCH3 is 1. The second-order valence-corrected chi connectivity index (χ2v) is 9.50. The summed E-state index contributed by atoms with van der Waals surface area (Å²) in [5.41, 5.74) is 1.36. The van der Waals surface area contributed by atoms with Crippen molar-refractivity contribution < 1.29 is 19.1 Å². The number of rotatable bonds is 6. The Morgan fingerprint density at radius 2 is 1.86 bits per heavy atom. The summed E-state index contributed by atoms with van der Waals surface area (Å²) in [6.07, 6.45) is 1.68. The van der Waals surface area contributed by atoms with Crippen LogP contribution in [-0.2, 0) is 17.9 Å². The Hall–Kier alpha value is -3.94. The molecule has 3 aliphatic heterocycles. The maximum absolute atomic E-state index is 13.1. The highest BCUT2D eigenvalue weighted by atomic mass is 16.5. The van der Waals surface area contributed by atoms with Crippen molar-refractivity contribution in [3.63, 3.8) is 0 Å². The first kappa shape index (κ1) is 24.7. The van der Waals surface area contributed by atoms with Crippen LogP contribution in [0.2, 0.25) is 0 Å². The van der Waals surface area contributed by atoms with Crippen molar-refractivity contribution in [2.45, 2.75) is 25.6 Å². The molecule has 0 radical (unpaired) electrons. The Balaban J connectivity index is 1.30. The van der Waals surface area contributed by atoms with Crippen LogP contribution in [0.1, 0.15) is 34.1 Å². The zero-order valence-corrected chi connectivity index (χ0v) is 21.0. The van der Waals surface area contributed by atoms with Crippen LogP contribution in [-0.4, -0.2) is 89.4 Å². The minimum absolute atomic E-state index is 0.0807. The third-order valence-corrected chi connectivity index (χ3v) is 7.11. The van der Waals surface area contributed by atoms with Gasteiger partial charge in [-0.2, -0.15) is 0 Å². The molecule has 2 fully saturated rings. The fraction of sp³-hybridized carbons (Fsp3) is 0.407. The highest BCUT2D eigenvalue weighted by molar-refractivity contribution is 6.10. The highest BCUT2D eigenvalue weighted by Gasteiger charge is 2.48. The number of carbonyl (C=O) groups excluding carboxylic acids is 3. The molecular weight excluding hydrogens is 472 g/mol. The molecule has 0 spiro atoms. The molecule has 3 aliphatic rings. The number of nitrogens with one attached hydrogen (secondary N) is 2. The van der Waals surface area contributed by atoms with Crippen molar-refractivity contribution in [3.05, 3.63) is 58.9 Å². The van der Waals surface area contributed by atoms with Gasteiger partial charge in [0.25, 0.3) is 11.8 Å². The number of imide groups is 1. The second-order valence-electron chi connectivity index (χ2n) is 9.50. The van der Waals surface area contributed by atoms with E-state index in [1.54, 1.807) is 18.3 Å². The molecule has 5 rings (SSSR count). The first-order valence-electron chi connectivity index (χ1n) is 12.4. The fourth-order valence-electron chi connectivity index (χ4n) is 4.88. The van der Waals surface area contributed by atoms with E-state index in [0.717, 1.165) is 50.5 Å². The summed E-state index contributed by atoms with van der Waals surface area (Å²) in [7, 11) is 1.54. The summed E-state index contributed by atoms with van der Waals surface area (Å²) in [4.78, 5) is 48.8. The lowest BCUT2D eigenvalue weighted by Crippen LogP contribution is -2.54. The van der Waals surface area contributed by atoms with Crippen LogP contribution < -0.4 is 15.4 Å². The number of ether oxygens (including phenoxy) is 1. The Labute approximate surface area is 216 Å². The largest absolute Gasteiger partial charge is 0.497 e. The predicted molar refractivity (Wildman–Crippen MR) is 136 cm³/mol. The van der Waals surface area contributed by atoms with Gasteiger partial charge in [0, 0.05) is 56.6 Å². The Bertz CT molecular complexity index is 1280. The Kier molecular flexibility index (Phi) is 6.82. The number of pyridine rings is 1. The molecule has 37 heavy (non-hydrogen) atoms. The zero-order valence-electron chi connectivity index (χ0n) is 21.0. The molecule has 10 nitrogen and oxygen atoms in total. The van der Waals surface area contributed by atoms with E-state index in [1.807, 2.05) is 18.2 Å². The van der Waals surface area contributed by atoms with Gasteiger partial charge in [-0.05, 0) is 36.4 Å². The second kappa shape index (κ2) is 10.2. The van der Waals surface area contributed by atoms with Gasteiger partial charge in [-0.25, -0.2) is 4.79 Å². The van der Waals surface area contributed by atoms with Gasteiger partial charge in [0.1, 0.15) is 5.75 Å². The van der Waals surface area contributed by atoms with Crippen LogP contribution >= 0.6 is 0 Å². The smallest absolute Gasteiger partial charge is 0.323 e. The molecule has 192 valence electrons. The summed E-state index contributed by atoms with van der Waals surface area (Å²) in [6, 6.07) is 8.46. The van der Waals surface area contributed by atoms with E-state index in [0.29, 0.717) is 23.4 Å². The number of carbonyl (C=O) groups is 3. The molecule has 4 amide bonds. The van der Waals surface area contributed by atoms with Crippen LogP contribution in [0.4, 0.5) is 4.79 Å². The molecule has 10 heteroatoms. The standard InChI is InChI=1S/C27H30N6O4/c1-3-31-10-12-32(13-11-31)17-21-6-4-19(15-28-21)8-9-27(25(35)29-26(36)30-27)18-33-16-20-5-7-22(37-2)14-23(20)24(33)34/h4-7,14-15H,3,10-13,16-18H2,1-2H3,(H2,29,30,35,36). The number of fused-ring (bicyclic) bond motifs is 1. The first-order chi connectivity index (χ1) is 17.9. The number of hydrogen-bond donors (Lipinski definition) is 2. The van der Waals surface area contributed by atoms with Gasteiger partial charge in [0.15, 0.2) is 0 Å². The van der Waals surface area contributed by atoms with Crippen molar-refractivity contribution in [1.29, 1.82) is 0 Å². The summed E-state index contributed by atoms with van der Waals surface area (Å²) in [5, 5.41) is 4.90. The van der Waals surface area contributed by atoms with Crippen molar-refractivity contribution in [2.75, 3.05) is 46.4 Å². The summed E-state index contributed by atoms with van der Waals surface area (Å²) in [6.45, 7) is 8.42. The third kappa shape index (κ3) is 5.14. The van der Waals surface area contributed by atoms with E-state index in [1.165, 1.54) is 12.0 Å². The van der Waals surface area contributed by atoms with Gasteiger partial charge in [0.05, 0.1) is 19.3 Å². The maximum atomic E-state index is 13.1. The number of likely N-dealkylation sites (N-methyl/N-ethyl adjacent to an activating group) is 1. The molecule has 0 aliphatic carbocycles. The van der Waals surface area contributed by atoms with E-state index in [9.17, 15) is 14.4 Å². The number of hydrogen-bond acceptors (Lipinski definition) is 7. The number of nitrogens with zero attached hydrogens (tertiary/aromatic N) is 4. The zero-order chi connectivity index (χ0) is 26.0. The fourth-order valence-corrected chi connectivity index (χ4v) is 4.88. The number of urea groups is 1. The molecule has 1 unspecified atom stereocenters. The van der Waals surface area contributed by atoms with E-state index < -0.39 is 17.5 Å². The molecule has 4 heterocycles. The van der Waals surface area contributed by atoms with Crippen molar-refractivity contribution >= 4 is 17.8 Å². The Morgan fingerprint density at radius 1 is 1.08 bits per heavy atom. The van der Waals surface area contributed by atoms with Crippen molar-refractivity contribution in [1.82, 2.24) is 30.3 Å². The molecule has 1 aromatic carbocycles. The van der Waals surface area contributed by atoms with Gasteiger partial charge in [-0.15, -0.1) is 0 Å². The van der Waals surface area contributed by atoms with E-state index in [4.69, 9.17) is 4.74 Å². The van der Waals surface area contributed by atoms with Crippen molar-refractivity contribution in [3.8, 4) is 17.6 Å². The third-order valence-electron chi connectivity index (χ3n) is 7.11. The van der Waals surface area contributed by atoms with Gasteiger partial charge in [-0.3, -0.25) is 24.8 Å². The SMILES string of the molecule is CCN1CCN(Cc2ccc(C#CC3(CN4Cc5ccc(OC)cc5C4=O)NC(=O)NC3=O)cn2)CC1. The molecule has 2 saturated heterocycles. The van der Waals surface area contributed by atoms with Gasteiger partial charge >= 0.3 is 6.03 Å². The molecule has 1 aromatic heterocycles. The van der Waals surface area contributed by atoms with Crippen molar-refractivity contribution in [2.24, 2.45) is 0 Å². The lowest BCUT2D eigenvalue weighted by Gasteiger charge is -2.33. The maximum Gasteiger partial charge on any atom is 0.323 e. The number of benzene rings is 1. The normalized spacial score (nSPS) is 21.8.